The van der Waals surface area contributed by atoms with Gasteiger partial charge in [-0.05, 0) is 24.5 Å². The van der Waals surface area contributed by atoms with E-state index in [1.165, 1.54) is 0 Å². The number of hydrogen-bond donors (Lipinski definition) is 0. The first-order valence-electron chi connectivity index (χ1n) is 6.73. The van der Waals surface area contributed by atoms with Crippen LogP contribution in [0.2, 0.25) is 0 Å². The number of alkyl halides is 1. The summed E-state index contributed by atoms with van der Waals surface area (Å²) in [7, 11) is 1.67. The van der Waals surface area contributed by atoms with Crippen molar-refractivity contribution in [2.45, 2.75) is 39.1 Å². The normalized spacial score (nSPS) is 13.2. The zero-order chi connectivity index (χ0) is 14.0. The van der Waals surface area contributed by atoms with Crippen molar-refractivity contribution in [3.05, 3.63) is 24.0 Å². The van der Waals surface area contributed by atoms with Crippen molar-refractivity contribution >= 4 is 22.6 Å². The summed E-state index contributed by atoms with van der Waals surface area (Å²) >= 11 is 6.07. The first-order chi connectivity index (χ1) is 9.12. The molecule has 1 unspecified atom stereocenters. The zero-order valence-electron chi connectivity index (χ0n) is 12.0. The van der Waals surface area contributed by atoms with Gasteiger partial charge in [0.15, 0.2) is 0 Å². The van der Waals surface area contributed by atoms with Gasteiger partial charge in [-0.15, -0.1) is 11.6 Å². The Kier molecular flexibility index (Phi) is 4.35. The molecule has 2 rings (SSSR count). The number of hydrogen-bond acceptors (Lipinski definition) is 2. The molecule has 0 saturated heterocycles. The number of halogens is 1. The van der Waals surface area contributed by atoms with E-state index in [-0.39, 0.29) is 0 Å². The average Bonchev–Trinajstić information content (AvgIpc) is 2.77. The van der Waals surface area contributed by atoms with Gasteiger partial charge in [0, 0.05) is 12.1 Å². The monoisotopic (exact) mass is 280 g/mol. The minimum absolute atomic E-state index is 0.423. The van der Waals surface area contributed by atoms with Crippen LogP contribution in [0.1, 0.15) is 39.1 Å². The van der Waals surface area contributed by atoms with Crippen LogP contribution < -0.4 is 4.74 Å². The van der Waals surface area contributed by atoms with Crippen LogP contribution in [0.5, 0.6) is 5.75 Å². The van der Waals surface area contributed by atoms with Crippen molar-refractivity contribution in [1.82, 2.24) is 9.55 Å². The summed E-state index contributed by atoms with van der Waals surface area (Å²) in [6.45, 7) is 6.68. The standard InChI is InChI=1S/C15H21ClN2O/c1-5-13(10(2)3)18-14-7-6-11(19-4)8-12(14)17-15(18)9-16/h6-8,10,13H,5,9H2,1-4H3. The van der Waals surface area contributed by atoms with Gasteiger partial charge < -0.3 is 9.30 Å². The largest absolute Gasteiger partial charge is 0.497 e. The predicted molar refractivity (Wildman–Crippen MR) is 80.0 cm³/mol. The number of fused-ring (bicyclic) bond motifs is 1. The Morgan fingerprint density at radius 3 is 2.63 bits per heavy atom. The Bertz CT molecular complexity index is 563. The maximum atomic E-state index is 6.07. The van der Waals surface area contributed by atoms with Crippen LogP contribution >= 0.6 is 11.6 Å². The molecule has 104 valence electrons. The van der Waals surface area contributed by atoms with E-state index in [0.717, 1.165) is 29.0 Å². The van der Waals surface area contributed by atoms with Crippen LogP contribution in [0.25, 0.3) is 11.0 Å². The van der Waals surface area contributed by atoms with Gasteiger partial charge in [-0.3, -0.25) is 0 Å². The van der Waals surface area contributed by atoms with Crippen LogP contribution in [-0.2, 0) is 5.88 Å². The second-order valence-corrected chi connectivity index (χ2v) is 5.37. The molecule has 0 spiro atoms. The summed E-state index contributed by atoms with van der Waals surface area (Å²) in [5.74, 6) is 2.74. The van der Waals surface area contributed by atoms with Crippen molar-refractivity contribution in [2.24, 2.45) is 5.92 Å². The lowest BCUT2D eigenvalue weighted by Gasteiger charge is -2.23. The van der Waals surface area contributed by atoms with Gasteiger partial charge in [0.1, 0.15) is 11.6 Å². The molecule has 1 heterocycles. The van der Waals surface area contributed by atoms with Gasteiger partial charge in [0.2, 0.25) is 0 Å². The number of rotatable bonds is 5. The Balaban J connectivity index is 2.63. The average molecular weight is 281 g/mol. The molecule has 1 aromatic heterocycles. The quantitative estimate of drug-likeness (QED) is 0.760. The molecule has 0 aliphatic carbocycles. The van der Waals surface area contributed by atoms with Crippen LogP contribution in [0.4, 0.5) is 0 Å². The van der Waals surface area contributed by atoms with E-state index in [1.807, 2.05) is 12.1 Å². The van der Waals surface area contributed by atoms with E-state index in [9.17, 15) is 0 Å². The Morgan fingerprint density at radius 1 is 1.37 bits per heavy atom. The van der Waals surface area contributed by atoms with Crippen molar-refractivity contribution in [3.63, 3.8) is 0 Å². The van der Waals surface area contributed by atoms with Crippen LogP contribution in [0.3, 0.4) is 0 Å². The maximum Gasteiger partial charge on any atom is 0.125 e. The molecule has 4 heteroatoms. The third-order valence-electron chi connectivity index (χ3n) is 3.61. The number of imidazole rings is 1. The third kappa shape index (κ3) is 2.57. The first-order valence-corrected chi connectivity index (χ1v) is 7.26. The van der Waals surface area contributed by atoms with Crippen LogP contribution in [0, 0.1) is 5.92 Å². The van der Waals surface area contributed by atoms with Gasteiger partial charge >= 0.3 is 0 Å². The lowest BCUT2D eigenvalue weighted by Crippen LogP contribution is -2.16. The van der Waals surface area contributed by atoms with Crippen molar-refractivity contribution in [1.29, 1.82) is 0 Å². The molecule has 0 amide bonds. The maximum absolute atomic E-state index is 6.07. The summed E-state index contributed by atoms with van der Waals surface area (Å²) in [6.07, 6.45) is 1.07. The van der Waals surface area contributed by atoms with Gasteiger partial charge in [-0.2, -0.15) is 0 Å². The van der Waals surface area contributed by atoms with Gasteiger partial charge in [-0.1, -0.05) is 20.8 Å². The van der Waals surface area contributed by atoms with E-state index in [0.29, 0.717) is 17.8 Å². The molecule has 1 atom stereocenters. The molecule has 0 saturated carbocycles. The summed E-state index contributed by atoms with van der Waals surface area (Å²) < 4.78 is 7.54. The van der Waals surface area contributed by atoms with Gasteiger partial charge in [-0.25, -0.2) is 4.98 Å². The summed E-state index contributed by atoms with van der Waals surface area (Å²) in [5, 5.41) is 0. The number of methoxy groups -OCH3 is 1. The zero-order valence-corrected chi connectivity index (χ0v) is 12.7. The molecule has 0 aliphatic rings. The number of benzene rings is 1. The molecule has 0 fully saturated rings. The highest BCUT2D eigenvalue weighted by Gasteiger charge is 2.20. The van der Waals surface area contributed by atoms with Gasteiger partial charge in [0.25, 0.3) is 0 Å². The van der Waals surface area contributed by atoms with Crippen LogP contribution in [0.15, 0.2) is 18.2 Å². The second-order valence-electron chi connectivity index (χ2n) is 5.11. The lowest BCUT2D eigenvalue weighted by molar-refractivity contribution is 0.367. The summed E-state index contributed by atoms with van der Waals surface area (Å²) in [4.78, 5) is 4.64. The molecule has 2 aromatic rings. The number of ether oxygens (including phenoxy) is 1. The summed E-state index contributed by atoms with van der Waals surface area (Å²) in [6, 6.07) is 6.44. The Hall–Kier alpha value is -1.22. The van der Waals surface area contributed by atoms with Crippen molar-refractivity contribution in [3.8, 4) is 5.75 Å². The molecule has 0 N–H and O–H groups in total. The second kappa shape index (κ2) is 5.83. The molecule has 3 nitrogen and oxygen atoms in total. The molecule has 19 heavy (non-hydrogen) atoms. The molecule has 0 radical (unpaired) electrons. The fourth-order valence-electron chi connectivity index (χ4n) is 2.67. The van der Waals surface area contributed by atoms with Crippen molar-refractivity contribution < 1.29 is 4.74 Å². The van der Waals surface area contributed by atoms with Crippen molar-refractivity contribution in [2.75, 3.05) is 7.11 Å². The third-order valence-corrected chi connectivity index (χ3v) is 3.85. The number of aromatic nitrogens is 2. The highest BCUT2D eigenvalue weighted by atomic mass is 35.5. The molecular weight excluding hydrogens is 260 g/mol. The van der Waals surface area contributed by atoms with E-state index in [1.54, 1.807) is 7.11 Å². The minimum Gasteiger partial charge on any atom is -0.497 e. The van der Waals surface area contributed by atoms with E-state index in [2.05, 4.69) is 36.4 Å². The number of nitrogens with zero attached hydrogens (tertiary/aromatic N) is 2. The molecular formula is C15H21ClN2O. The van der Waals surface area contributed by atoms with Crippen LogP contribution in [-0.4, -0.2) is 16.7 Å². The lowest BCUT2D eigenvalue weighted by atomic mass is 10.0. The molecule has 0 aliphatic heterocycles. The highest BCUT2D eigenvalue weighted by molar-refractivity contribution is 6.16. The Morgan fingerprint density at radius 2 is 2.11 bits per heavy atom. The van der Waals surface area contributed by atoms with E-state index >= 15 is 0 Å². The summed E-state index contributed by atoms with van der Waals surface area (Å²) in [5.41, 5.74) is 2.09. The molecule has 0 bridgehead atoms. The smallest absolute Gasteiger partial charge is 0.125 e. The Labute approximate surface area is 119 Å². The predicted octanol–water partition coefficient (Wildman–Crippen LogP) is 4.39. The van der Waals surface area contributed by atoms with E-state index < -0.39 is 0 Å². The fraction of sp³-hybridized carbons (Fsp3) is 0.533. The van der Waals surface area contributed by atoms with Gasteiger partial charge in [0.05, 0.1) is 24.0 Å². The first kappa shape index (κ1) is 14.2. The minimum atomic E-state index is 0.423. The van der Waals surface area contributed by atoms with E-state index in [4.69, 9.17) is 16.3 Å². The molecule has 1 aromatic carbocycles. The topological polar surface area (TPSA) is 27.1 Å². The SMILES string of the molecule is CCC(C(C)C)n1c(CCl)nc2cc(OC)ccc21. The fourth-order valence-corrected chi connectivity index (χ4v) is 2.86. The highest BCUT2D eigenvalue weighted by Crippen LogP contribution is 2.30.